The van der Waals surface area contributed by atoms with E-state index in [9.17, 15) is 14.7 Å². The Morgan fingerprint density at radius 1 is 1.05 bits per heavy atom. The maximum absolute atomic E-state index is 13.3. The molecule has 2 heterocycles. The first-order chi connectivity index (χ1) is 20.9. The second kappa shape index (κ2) is 13.5. The van der Waals surface area contributed by atoms with E-state index in [-0.39, 0.29) is 22.9 Å². The number of phenols is 1. The van der Waals surface area contributed by atoms with Gasteiger partial charge >= 0.3 is 0 Å². The van der Waals surface area contributed by atoms with Crippen LogP contribution in [-0.4, -0.2) is 74.6 Å². The number of benzene rings is 2. The molecule has 3 aromatic rings. The number of hydrogen-bond donors (Lipinski definition) is 3. The summed E-state index contributed by atoms with van der Waals surface area (Å²) in [5, 5.41) is 24.4. The lowest BCUT2D eigenvalue weighted by molar-refractivity contribution is 0.0949. The Kier molecular flexibility index (Phi) is 9.33. The molecular formula is C31H38N8O4. The predicted octanol–water partition coefficient (Wildman–Crippen LogP) is 4.77. The molecule has 0 unspecified atom stereocenters. The van der Waals surface area contributed by atoms with Crippen LogP contribution in [0.3, 0.4) is 0 Å². The van der Waals surface area contributed by atoms with Crippen molar-refractivity contribution in [1.82, 2.24) is 10.3 Å². The number of carbonyl (C=O) groups excluding carboxylic acids is 2. The number of para-hydroxylation sites is 1. The highest BCUT2D eigenvalue weighted by molar-refractivity contribution is 6.07. The van der Waals surface area contributed by atoms with Crippen LogP contribution in [0.1, 0.15) is 63.9 Å². The van der Waals surface area contributed by atoms with Gasteiger partial charge in [0.1, 0.15) is 17.8 Å². The van der Waals surface area contributed by atoms with Gasteiger partial charge in [-0.3, -0.25) is 14.6 Å². The zero-order valence-electron chi connectivity index (χ0n) is 24.8. The molecule has 2 aliphatic rings. The summed E-state index contributed by atoms with van der Waals surface area (Å²) in [6.45, 7) is 5.29. The molecule has 5 rings (SSSR count). The SMILES string of the molecule is CN=NC(CCCNC(=O)c1cc(NC(=O)c2coc(C3CC3)n2)c(N2CCN(c3ccccc3C)CC2)cc1O)=NC. The first-order valence-electron chi connectivity index (χ1n) is 14.6. The van der Waals surface area contributed by atoms with Crippen molar-refractivity contribution in [2.75, 3.05) is 61.9 Å². The van der Waals surface area contributed by atoms with E-state index >= 15 is 0 Å². The zero-order valence-corrected chi connectivity index (χ0v) is 24.8. The van der Waals surface area contributed by atoms with Crippen LogP contribution in [0.15, 0.2) is 62.3 Å². The smallest absolute Gasteiger partial charge is 0.277 e. The number of aromatic nitrogens is 1. The number of nitrogens with one attached hydrogen (secondary N) is 2. The minimum absolute atomic E-state index is 0.0639. The van der Waals surface area contributed by atoms with Crippen molar-refractivity contribution in [3.8, 4) is 5.75 Å². The average molecular weight is 587 g/mol. The first-order valence-corrected chi connectivity index (χ1v) is 14.6. The standard InChI is InChI=1S/C31H38N8O4/c1-20-7-4-5-8-25(20)38-13-15-39(16-14-38)26-18-27(40)22(29(41)34-12-6-9-28(32-2)37-33-3)17-23(26)35-30(42)24-19-43-31(36-24)21-10-11-21/h4-5,7-8,17-19,21,40H,6,9-16H2,1-3H3,(H,34,41)(H,35,42). The fraction of sp³-hybridized carbons (Fsp3) is 0.419. The summed E-state index contributed by atoms with van der Waals surface area (Å²) in [5.41, 5.74) is 3.69. The highest BCUT2D eigenvalue weighted by Crippen LogP contribution is 2.39. The summed E-state index contributed by atoms with van der Waals surface area (Å²) in [4.78, 5) is 39.2. The van der Waals surface area contributed by atoms with Crippen LogP contribution in [0.25, 0.3) is 0 Å². The number of amidine groups is 1. The third-order valence-electron chi connectivity index (χ3n) is 7.70. The van der Waals surface area contributed by atoms with Gasteiger partial charge in [0.05, 0.1) is 16.9 Å². The van der Waals surface area contributed by atoms with Crippen molar-refractivity contribution in [3.63, 3.8) is 0 Å². The number of anilines is 3. The molecule has 2 amide bonds. The normalized spacial score (nSPS) is 15.7. The molecule has 12 heteroatoms. The van der Waals surface area contributed by atoms with Gasteiger partial charge in [-0.05, 0) is 43.9 Å². The van der Waals surface area contributed by atoms with Crippen molar-refractivity contribution < 1.29 is 19.1 Å². The van der Waals surface area contributed by atoms with Gasteiger partial charge in [-0.2, -0.15) is 5.11 Å². The summed E-state index contributed by atoms with van der Waals surface area (Å²) < 4.78 is 5.52. The largest absolute Gasteiger partial charge is 0.507 e. The van der Waals surface area contributed by atoms with E-state index in [0.717, 1.165) is 25.9 Å². The molecule has 1 saturated heterocycles. The fourth-order valence-corrected chi connectivity index (χ4v) is 5.19. The molecule has 2 fully saturated rings. The Morgan fingerprint density at radius 3 is 2.44 bits per heavy atom. The van der Waals surface area contributed by atoms with Crippen LogP contribution in [0.5, 0.6) is 5.75 Å². The Bertz CT molecular complexity index is 1520. The summed E-state index contributed by atoms with van der Waals surface area (Å²) in [6.07, 6.45) is 4.53. The maximum atomic E-state index is 13.3. The van der Waals surface area contributed by atoms with Crippen LogP contribution in [0.4, 0.5) is 17.1 Å². The van der Waals surface area contributed by atoms with E-state index in [1.165, 1.54) is 23.6 Å². The fourth-order valence-electron chi connectivity index (χ4n) is 5.19. The molecule has 43 heavy (non-hydrogen) atoms. The van der Waals surface area contributed by atoms with Crippen molar-refractivity contribution in [2.45, 2.75) is 38.5 Å². The molecule has 1 aliphatic carbocycles. The van der Waals surface area contributed by atoms with Crippen LogP contribution in [0, 0.1) is 6.92 Å². The maximum Gasteiger partial charge on any atom is 0.277 e. The summed E-state index contributed by atoms with van der Waals surface area (Å²) in [5.74, 6) is 0.377. The third kappa shape index (κ3) is 7.19. The summed E-state index contributed by atoms with van der Waals surface area (Å²) >= 11 is 0. The van der Waals surface area contributed by atoms with Gasteiger partial charge in [0.2, 0.25) is 0 Å². The minimum Gasteiger partial charge on any atom is -0.507 e. The first kappa shape index (κ1) is 29.7. The lowest BCUT2D eigenvalue weighted by atomic mass is 10.1. The number of oxazole rings is 1. The average Bonchev–Trinajstić information content (AvgIpc) is 3.75. The summed E-state index contributed by atoms with van der Waals surface area (Å²) in [7, 11) is 3.22. The molecule has 0 radical (unpaired) electrons. The lowest BCUT2D eigenvalue weighted by Crippen LogP contribution is -2.47. The van der Waals surface area contributed by atoms with Crippen molar-refractivity contribution in [2.24, 2.45) is 15.2 Å². The third-order valence-corrected chi connectivity index (χ3v) is 7.70. The lowest BCUT2D eigenvalue weighted by Gasteiger charge is -2.38. The molecule has 1 aromatic heterocycles. The second-order valence-electron chi connectivity index (χ2n) is 10.7. The number of amides is 2. The predicted molar refractivity (Wildman–Crippen MR) is 166 cm³/mol. The molecule has 0 spiro atoms. The minimum atomic E-state index is -0.450. The van der Waals surface area contributed by atoms with Crippen LogP contribution in [-0.2, 0) is 0 Å². The Hall–Kier alpha value is -4.74. The number of aryl methyl sites for hydroxylation is 1. The molecular weight excluding hydrogens is 548 g/mol. The Balaban J connectivity index is 1.34. The van der Waals surface area contributed by atoms with E-state index < -0.39 is 11.8 Å². The number of azo groups is 1. The molecule has 3 N–H and O–H groups in total. The molecule has 0 bridgehead atoms. The van der Waals surface area contributed by atoms with Crippen molar-refractivity contribution in [1.29, 1.82) is 0 Å². The van der Waals surface area contributed by atoms with Gasteiger partial charge < -0.3 is 30.0 Å². The van der Waals surface area contributed by atoms with E-state index in [1.54, 1.807) is 20.2 Å². The number of rotatable bonds is 10. The van der Waals surface area contributed by atoms with Gasteiger partial charge in [-0.25, -0.2) is 4.98 Å². The molecule has 226 valence electrons. The van der Waals surface area contributed by atoms with Crippen molar-refractivity contribution in [3.05, 3.63) is 65.4 Å². The number of piperazine rings is 1. The number of carbonyl (C=O) groups is 2. The molecule has 0 atom stereocenters. The number of aromatic hydroxyl groups is 1. The highest BCUT2D eigenvalue weighted by Gasteiger charge is 2.30. The number of phenolic OH excluding ortho intramolecular Hbond substituents is 1. The van der Waals surface area contributed by atoms with E-state index in [0.29, 0.717) is 55.6 Å². The zero-order chi connectivity index (χ0) is 30.3. The molecule has 2 aromatic carbocycles. The Morgan fingerprint density at radius 2 is 1.77 bits per heavy atom. The van der Waals surface area contributed by atoms with Crippen LogP contribution < -0.4 is 20.4 Å². The van der Waals surface area contributed by atoms with Gasteiger partial charge in [0.25, 0.3) is 11.8 Å². The van der Waals surface area contributed by atoms with E-state index in [1.807, 2.05) is 12.1 Å². The van der Waals surface area contributed by atoms with E-state index in [4.69, 9.17) is 4.42 Å². The number of nitrogens with zero attached hydrogens (tertiary/aromatic N) is 6. The van der Waals surface area contributed by atoms with Gasteiger partial charge in [-0.1, -0.05) is 18.2 Å². The van der Waals surface area contributed by atoms with Crippen LogP contribution >= 0.6 is 0 Å². The second-order valence-corrected chi connectivity index (χ2v) is 10.7. The van der Waals surface area contributed by atoms with Gasteiger partial charge in [-0.15, -0.1) is 5.11 Å². The number of aliphatic imine (C=N–C) groups is 1. The summed E-state index contributed by atoms with van der Waals surface area (Å²) in [6, 6.07) is 11.4. The van der Waals surface area contributed by atoms with E-state index in [2.05, 4.69) is 59.7 Å². The molecule has 1 aliphatic heterocycles. The van der Waals surface area contributed by atoms with Crippen molar-refractivity contribution >= 4 is 34.7 Å². The highest BCUT2D eigenvalue weighted by atomic mass is 16.3. The topological polar surface area (TPSA) is 148 Å². The Labute approximate surface area is 250 Å². The van der Waals surface area contributed by atoms with Crippen LogP contribution in [0.2, 0.25) is 0 Å². The molecule has 1 saturated carbocycles. The molecule has 12 nitrogen and oxygen atoms in total. The monoisotopic (exact) mass is 586 g/mol. The quantitative estimate of drug-likeness (QED) is 0.102. The number of hydrogen-bond acceptors (Lipinski definition) is 9. The van der Waals surface area contributed by atoms with Gasteiger partial charge in [0, 0.05) is 70.9 Å². The van der Waals surface area contributed by atoms with Gasteiger partial charge in [0.15, 0.2) is 11.6 Å².